The normalized spacial score (nSPS) is 14.8. The molecule has 0 saturated carbocycles. The summed E-state index contributed by atoms with van der Waals surface area (Å²) < 4.78 is 1.79. The topological polar surface area (TPSA) is 39.1 Å². The highest BCUT2D eigenvalue weighted by atomic mass is 16.1. The SMILES string of the molecule is Cc1c2c(n(C)c1C)C(=O)C=CC2=O. The summed E-state index contributed by atoms with van der Waals surface area (Å²) in [6, 6.07) is 0. The maximum absolute atomic E-state index is 11.6. The van der Waals surface area contributed by atoms with Crippen molar-refractivity contribution >= 4 is 11.6 Å². The van der Waals surface area contributed by atoms with Gasteiger partial charge in [-0.15, -0.1) is 0 Å². The predicted molar refractivity (Wildman–Crippen MR) is 52.7 cm³/mol. The van der Waals surface area contributed by atoms with E-state index in [2.05, 4.69) is 0 Å². The number of rotatable bonds is 0. The van der Waals surface area contributed by atoms with Crippen LogP contribution in [0.25, 0.3) is 0 Å². The maximum atomic E-state index is 11.6. The van der Waals surface area contributed by atoms with Crippen molar-refractivity contribution in [2.45, 2.75) is 13.8 Å². The molecule has 0 amide bonds. The minimum atomic E-state index is -0.0849. The van der Waals surface area contributed by atoms with Crippen molar-refractivity contribution in [1.29, 1.82) is 0 Å². The first kappa shape index (κ1) is 8.94. The molecule has 0 spiro atoms. The molecule has 72 valence electrons. The summed E-state index contributed by atoms with van der Waals surface area (Å²) in [4.78, 5) is 23.1. The standard InChI is InChI=1S/C11H11NO2/c1-6-7(2)12(3)11-9(14)5-4-8(13)10(6)11/h4-5H,1-3H3. The van der Waals surface area contributed by atoms with E-state index in [0.717, 1.165) is 11.3 Å². The van der Waals surface area contributed by atoms with Crippen LogP contribution in [-0.2, 0) is 7.05 Å². The molecule has 0 unspecified atom stereocenters. The zero-order valence-corrected chi connectivity index (χ0v) is 8.42. The van der Waals surface area contributed by atoms with Gasteiger partial charge >= 0.3 is 0 Å². The van der Waals surface area contributed by atoms with E-state index in [1.165, 1.54) is 12.2 Å². The van der Waals surface area contributed by atoms with Gasteiger partial charge in [0.2, 0.25) is 5.78 Å². The average molecular weight is 189 g/mol. The molecule has 0 atom stereocenters. The van der Waals surface area contributed by atoms with E-state index in [-0.39, 0.29) is 11.6 Å². The van der Waals surface area contributed by atoms with Crippen LogP contribution in [-0.4, -0.2) is 16.1 Å². The lowest BCUT2D eigenvalue weighted by Gasteiger charge is -2.06. The minimum Gasteiger partial charge on any atom is -0.344 e. The van der Waals surface area contributed by atoms with E-state index in [0.29, 0.717) is 11.3 Å². The highest BCUT2D eigenvalue weighted by Crippen LogP contribution is 2.25. The molecule has 1 aromatic rings. The molecule has 3 heteroatoms. The van der Waals surface area contributed by atoms with Gasteiger partial charge in [-0.2, -0.15) is 0 Å². The number of nitrogens with zero attached hydrogens (tertiary/aromatic N) is 1. The van der Waals surface area contributed by atoms with E-state index in [9.17, 15) is 9.59 Å². The molecular weight excluding hydrogens is 178 g/mol. The van der Waals surface area contributed by atoms with E-state index >= 15 is 0 Å². The Bertz CT molecular complexity index is 436. The zero-order chi connectivity index (χ0) is 10.5. The number of carbonyl (C=O) groups excluding carboxylic acids is 2. The van der Waals surface area contributed by atoms with Crippen molar-refractivity contribution in [3.8, 4) is 0 Å². The summed E-state index contributed by atoms with van der Waals surface area (Å²) in [6.07, 6.45) is 2.68. The quantitative estimate of drug-likeness (QED) is 0.621. The van der Waals surface area contributed by atoms with Gasteiger partial charge in [0.05, 0.1) is 5.56 Å². The summed E-state index contributed by atoms with van der Waals surface area (Å²) in [6.45, 7) is 3.78. The lowest BCUT2D eigenvalue weighted by Crippen LogP contribution is -2.14. The van der Waals surface area contributed by atoms with E-state index in [1.54, 1.807) is 4.57 Å². The molecule has 14 heavy (non-hydrogen) atoms. The van der Waals surface area contributed by atoms with Crippen LogP contribution < -0.4 is 0 Å². The number of fused-ring (bicyclic) bond motifs is 1. The first-order valence-electron chi connectivity index (χ1n) is 4.46. The molecule has 0 radical (unpaired) electrons. The third-order valence-corrected chi connectivity index (χ3v) is 2.86. The summed E-state index contributed by atoms with van der Waals surface area (Å²) in [5.74, 6) is -0.154. The molecule has 1 aliphatic rings. The molecule has 2 rings (SSSR count). The molecule has 0 N–H and O–H groups in total. The number of aromatic nitrogens is 1. The predicted octanol–water partition coefficient (Wildman–Crippen LogP) is 1.58. The average Bonchev–Trinajstić information content (AvgIpc) is 2.38. The van der Waals surface area contributed by atoms with E-state index < -0.39 is 0 Å². The summed E-state index contributed by atoms with van der Waals surface area (Å²) in [5.41, 5.74) is 2.97. The van der Waals surface area contributed by atoms with Crippen LogP contribution in [0, 0.1) is 13.8 Å². The first-order chi connectivity index (χ1) is 6.54. The van der Waals surface area contributed by atoms with Gasteiger partial charge in [0, 0.05) is 12.7 Å². The van der Waals surface area contributed by atoms with Crippen LogP contribution in [0.5, 0.6) is 0 Å². The van der Waals surface area contributed by atoms with Gasteiger partial charge < -0.3 is 4.57 Å². The second kappa shape index (κ2) is 2.67. The van der Waals surface area contributed by atoms with Crippen LogP contribution in [0.15, 0.2) is 12.2 Å². The summed E-state index contributed by atoms with van der Waals surface area (Å²) in [5, 5.41) is 0. The molecule has 1 aliphatic carbocycles. The molecule has 0 fully saturated rings. The summed E-state index contributed by atoms with van der Waals surface area (Å²) in [7, 11) is 1.81. The molecule has 0 aliphatic heterocycles. The Labute approximate surface area is 82.0 Å². The zero-order valence-electron chi connectivity index (χ0n) is 8.42. The molecule has 3 nitrogen and oxygen atoms in total. The van der Waals surface area contributed by atoms with Crippen LogP contribution >= 0.6 is 0 Å². The van der Waals surface area contributed by atoms with Gasteiger partial charge in [0.15, 0.2) is 5.78 Å². The number of ketones is 2. The van der Waals surface area contributed by atoms with Crippen LogP contribution in [0.3, 0.4) is 0 Å². The van der Waals surface area contributed by atoms with Gasteiger partial charge in [-0.05, 0) is 31.6 Å². The largest absolute Gasteiger partial charge is 0.344 e. The third kappa shape index (κ3) is 0.923. The second-order valence-electron chi connectivity index (χ2n) is 3.55. The highest BCUT2D eigenvalue weighted by molar-refractivity contribution is 6.22. The van der Waals surface area contributed by atoms with E-state index in [4.69, 9.17) is 0 Å². The Balaban J connectivity index is 2.84. The van der Waals surface area contributed by atoms with E-state index in [1.807, 2.05) is 20.9 Å². The maximum Gasteiger partial charge on any atom is 0.203 e. The lowest BCUT2D eigenvalue weighted by atomic mass is 9.98. The van der Waals surface area contributed by atoms with Gasteiger partial charge in [-0.1, -0.05) is 0 Å². The van der Waals surface area contributed by atoms with Gasteiger partial charge in [-0.25, -0.2) is 0 Å². The molecule has 1 aromatic heterocycles. The Hall–Kier alpha value is -1.64. The first-order valence-corrected chi connectivity index (χ1v) is 4.46. The molecule has 1 heterocycles. The van der Waals surface area contributed by atoms with Crippen molar-refractivity contribution in [3.05, 3.63) is 34.7 Å². The van der Waals surface area contributed by atoms with Gasteiger partial charge in [-0.3, -0.25) is 9.59 Å². The number of carbonyl (C=O) groups is 2. The Morgan fingerprint density at radius 3 is 2.21 bits per heavy atom. The Kier molecular flexibility index (Phi) is 1.71. The van der Waals surface area contributed by atoms with Crippen molar-refractivity contribution in [2.24, 2.45) is 7.05 Å². The van der Waals surface area contributed by atoms with Crippen LogP contribution in [0.1, 0.15) is 32.1 Å². The molecule has 0 saturated heterocycles. The van der Waals surface area contributed by atoms with Crippen molar-refractivity contribution in [2.75, 3.05) is 0 Å². The fraction of sp³-hybridized carbons (Fsp3) is 0.273. The number of allylic oxidation sites excluding steroid dienone is 2. The fourth-order valence-corrected chi connectivity index (χ4v) is 1.85. The molecule has 0 aromatic carbocycles. The number of hydrogen-bond donors (Lipinski definition) is 0. The smallest absolute Gasteiger partial charge is 0.203 e. The van der Waals surface area contributed by atoms with Gasteiger partial charge in [0.25, 0.3) is 0 Å². The van der Waals surface area contributed by atoms with Crippen molar-refractivity contribution in [3.63, 3.8) is 0 Å². The van der Waals surface area contributed by atoms with Crippen LogP contribution in [0.4, 0.5) is 0 Å². The molecular formula is C11H11NO2. The molecule has 0 bridgehead atoms. The Morgan fingerprint density at radius 1 is 1.07 bits per heavy atom. The minimum absolute atomic E-state index is 0.0687. The Morgan fingerprint density at radius 2 is 1.64 bits per heavy atom. The van der Waals surface area contributed by atoms with Crippen LogP contribution in [0.2, 0.25) is 0 Å². The second-order valence-corrected chi connectivity index (χ2v) is 3.55. The highest BCUT2D eigenvalue weighted by Gasteiger charge is 2.26. The summed E-state index contributed by atoms with van der Waals surface area (Å²) >= 11 is 0. The lowest BCUT2D eigenvalue weighted by molar-refractivity contribution is 0.0989. The fourth-order valence-electron chi connectivity index (χ4n) is 1.85. The van der Waals surface area contributed by atoms with Crippen molar-refractivity contribution in [1.82, 2.24) is 4.57 Å². The number of hydrogen-bond acceptors (Lipinski definition) is 2. The van der Waals surface area contributed by atoms with Crippen molar-refractivity contribution < 1.29 is 9.59 Å². The third-order valence-electron chi connectivity index (χ3n) is 2.86. The van der Waals surface area contributed by atoms with Gasteiger partial charge in [0.1, 0.15) is 5.69 Å². The monoisotopic (exact) mass is 189 g/mol.